The summed E-state index contributed by atoms with van der Waals surface area (Å²) in [6.07, 6.45) is 5.49. The molecule has 1 amide bonds. The molecule has 10 heteroatoms. The SMILES string of the molecule is CCNC(=NCC1(CCO)CCOC1)NCCC(=O)N1CCN(c2ncccn2)CC1. The van der Waals surface area contributed by atoms with Crippen molar-refractivity contribution in [2.75, 3.05) is 70.5 Å². The molecule has 0 spiro atoms. The first-order valence-corrected chi connectivity index (χ1v) is 11.2. The summed E-state index contributed by atoms with van der Waals surface area (Å²) in [5, 5.41) is 15.9. The maximum absolute atomic E-state index is 12.6. The van der Waals surface area contributed by atoms with Gasteiger partial charge in [-0.2, -0.15) is 0 Å². The molecule has 172 valence electrons. The number of piperazine rings is 1. The summed E-state index contributed by atoms with van der Waals surface area (Å²) in [6.45, 7) is 8.20. The van der Waals surface area contributed by atoms with Crippen molar-refractivity contribution in [3.8, 4) is 0 Å². The zero-order valence-corrected chi connectivity index (χ0v) is 18.4. The second-order valence-electron chi connectivity index (χ2n) is 8.06. The van der Waals surface area contributed by atoms with E-state index in [1.54, 1.807) is 18.5 Å². The Morgan fingerprint density at radius 1 is 1.26 bits per heavy atom. The summed E-state index contributed by atoms with van der Waals surface area (Å²) in [7, 11) is 0. The number of aliphatic hydroxyl groups is 1. The number of nitrogens with one attached hydrogen (secondary N) is 2. The monoisotopic (exact) mass is 433 g/mol. The van der Waals surface area contributed by atoms with E-state index in [0.29, 0.717) is 51.6 Å². The molecule has 0 saturated carbocycles. The second kappa shape index (κ2) is 11.8. The molecule has 0 bridgehead atoms. The normalized spacial score (nSPS) is 21.9. The number of carbonyl (C=O) groups is 1. The van der Waals surface area contributed by atoms with Gasteiger partial charge >= 0.3 is 0 Å². The summed E-state index contributed by atoms with van der Waals surface area (Å²) in [5.41, 5.74) is -0.0882. The summed E-state index contributed by atoms with van der Waals surface area (Å²) in [5.74, 6) is 1.55. The number of amides is 1. The molecule has 0 radical (unpaired) electrons. The van der Waals surface area contributed by atoms with Crippen molar-refractivity contribution in [3.63, 3.8) is 0 Å². The maximum Gasteiger partial charge on any atom is 0.225 e. The van der Waals surface area contributed by atoms with Crippen LogP contribution in [0.3, 0.4) is 0 Å². The van der Waals surface area contributed by atoms with E-state index >= 15 is 0 Å². The third kappa shape index (κ3) is 6.76. The third-order valence-electron chi connectivity index (χ3n) is 5.84. The fourth-order valence-electron chi connectivity index (χ4n) is 3.93. The van der Waals surface area contributed by atoms with Gasteiger partial charge in [-0.3, -0.25) is 9.79 Å². The molecule has 1 unspecified atom stereocenters. The number of hydrogen-bond donors (Lipinski definition) is 3. The van der Waals surface area contributed by atoms with E-state index in [-0.39, 0.29) is 17.9 Å². The van der Waals surface area contributed by atoms with E-state index < -0.39 is 0 Å². The van der Waals surface area contributed by atoms with Crippen molar-refractivity contribution in [3.05, 3.63) is 18.5 Å². The van der Waals surface area contributed by atoms with Crippen molar-refractivity contribution in [2.24, 2.45) is 10.4 Å². The predicted octanol–water partition coefficient (Wildman–Crippen LogP) is -0.140. The number of hydrogen-bond acceptors (Lipinski definition) is 7. The molecule has 1 aromatic rings. The van der Waals surface area contributed by atoms with E-state index in [9.17, 15) is 9.90 Å². The minimum atomic E-state index is -0.0882. The highest BCUT2D eigenvalue weighted by Gasteiger charge is 2.34. The molecule has 31 heavy (non-hydrogen) atoms. The van der Waals surface area contributed by atoms with Crippen LogP contribution in [-0.4, -0.2) is 97.5 Å². The van der Waals surface area contributed by atoms with Gasteiger partial charge in [0.05, 0.1) is 13.2 Å². The van der Waals surface area contributed by atoms with Crippen LogP contribution in [0.25, 0.3) is 0 Å². The van der Waals surface area contributed by atoms with E-state index in [2.05, 4.69) is 25.5 Å². The quantitative estimate of drug-likeness (QED) is 0.364. The minimum Gasteiger partial charge on any atom is -0.396 e. The zero-order valence-electron chi connectivity index (χ0n) is 18.4. The first-order valence-electron chi connectivity index (χ1n) is 11.2. The highest BCUT2D eigenvalue weighted by molar-refractivity contribution is 5.81. The molecule has 2 saturated heterocycles. The van der Waals surface area contributed by atoms with Gasteiger partial charge < -0.3 is 30.3 Å². The van der Waals surface area contributed by atoms with Crippen LogP contribution in [0.4, 0.5) is 5.95 Å². The van der Waals surface area contributed by atoms with Gasteiger partial charge in [0.2, 0.25) is 11.9 Å². The number of rotatable bonds is 9. The topological polar surface area (TPSA) is 115 Å². The van der Waals surface area contributed by atoms with Crippen molar-refractivity contribution in [1.82, 2.24) is 25.5 Å². The van der Waals surface area contributed by atoms with Crippen molar-refractivity contribution >= 4 is 17.8 Å². The van der Waals surface area contributed by atoms with Gasteiger partial charge in [-0.1, -0.05) is 0 Å². The largest absolute Gasteiger partial charge is 0.396 e. The summed E-state index contributed by atoms with van der Waals surface area (Å²) < 4.78 is 5.54. The predicted molar refractivity (Wildman–Crippen MR) is 119 cm³/mol. The number of carbonyl (C=O) groups excluding carboxylic acids is 1. The summed E-state index contributed by atoms with van der Waals surface area (Å²) >= 11 is 0. The van der Waals surface area contributed by atoms with Gasteiger partial charge in [0.15, 0.2) is 5.96 Å². The molecule has 2 fully saturated rings. The fourth-order valence-corrected chi connectivity index (χ4v) is 3.93. The van der Waals surface area contributed by atoms with Crippen molar-refractivity contribution in [2.45, 2.75) is 26.2 Å². The van der Waals surface area contributed by atoms with E-state index in [1.165, 1.54) is 0 Å². The van der Waals surface area contributed by atoms with Gasteiger partial charge in [-0.05, 0) is 25.8 Å². The smallest absolute Gasteiger partial charge is 0.225 e. The van der Waals surface area contributed by atoms with Gasteiger partial charge in [-0.25, -0.2) is 9.97 Å². The lowest BCUT2D eigenvalue weighted by atomic mass is 9.84. The lowest BCUT2D eigenvalue weighted by molar-refractivity contribution is -0.131. The van der Waals surface area contributed by atoms with Crippen LogP contribution in [0.2, 0.25) is 0 Å². The van der Waals surface area contributed by atoms with Crippen molar-refractivity contribution in [1.29, 1.82) is 0 Å². The fraction of sp³-hybridized carbons (Fsp3) is 0.714. The second-order valence-corrected chi connectivity index (χ2v) is 8.06. The standard InChI is InChI=1S/C21H35N7O3/c1-2-22-19(26-16-21(5-14-29)6-15-31-17-21)23-9-4-18(30)27-10-12-28(13-11-27)20-24-7-3-8-25-20/h3,7-8,29H,2,4-6,9-17H2,1H3,(H2,22,23,26). The average molecular weight is 434 g/mol. The van der Waals surface area contributed by atoms with E-state index in [4.69, 9.17) is 9.73 Å². The first-order chi connectivity index (χ1) is 15.2. The Labute approximate surface area is 184 Å². The Kier molecular flexibility index (Phi) is 8.84. The molecule has 3 N–H and O–H groups in total. The Morgan fingerprint density at radius 3 is 2.68 bits per heavy atom. The van der Waals surface area contributed by atoms with Crippen LogP contribution >= 0.6 is 0 Å². The Hall–Kier alpha value is -2.46. The number of nitrogens with zero attached hydrogens (tertiary/aromatic N) is 5. The molecule has 3 rings (SSSR count). The van der Waals surface area contributed by atoms with Crippen LogP contribution < -0.4 is 15.5 Å². The molecule has 1 atom stereocenters. The van der Waals surface area contributed by atoms with Crippen LogP contribution in [0, 0.1) is 5.41 Å². The summed E-state index contributed by atoms with van der Waals surface area (Å²) in [4.78, 5) is 29.9. The molecule has 0 aromatic carbocycles. The van der Waals surface area contributed by atoms with Crippen LogP contribution in [0.1, 0.15) is 26.2 Å². The lowest BCUT2D eigenvalue weighted by Gasteiger charge is -2.34. The number of aliphatic hydroxyl groups excluding tert-OH is 1. The van der Waals surface area contributed by atoms with Gasteiger partial charge in [0.1, 0.15) is 0 Å². The molecule has 3 heterocycles. The van der Waals surface area contributed by atoms with Gasteiger partial charge in [0.25, 0.3) is 0 Å². The highest BCUT2D eigenvalue weighted by Crippen LogP contribution is 2.32. The van der Waals surface area contributed by atoms with Crippen LogP contribution in [0.15, 0.2) is 23.5 Å². The highest BCUT2D eigenvalue weighted by atomic mass is 16.5. The molecule has 2 aliphatic heterocycles. The molecule has 2 aliphatic rings. The number of aliphatic imine (C=N–C) groups is 1. The average Bonchev–Trinajstić information content (AvgIpc) is 3.27. The summed E-state index contributed by atoms with van der Waals surface area (Å²) in [6, 6.07) is 1.80. The first kappa shape index (κ1) is 23.2. The molecule has 0 aliphatic carbocycles. The van der Waals surface area contributed by atoms with Gasteiger partial charge in [-0.15, -0.1) is 0 Å². The molecule has 1 aromatic heterocycles. The molecular formula is C21H35N7O3. The molecule has 10 nitrogen and oxygen atoms in total. The Morgan fingerprint density at radius 2 is 2.03 bits per heavy atom. The number of anilines is 1. The van der Waals surface area contributed by atoms with E-state index in [0.717, 1.165) is 38.6 Å². The lowest BCUT2D eigenvalue weighted by Crippen LogP contribution is -2.50. The van der Waals surface area contributed by atoms with Crippen molar-refractivity contribution < 1.29 is 14.6 Å². The minimum absolute atomic E-state index is 0.0882. The third-order valence-corrected chi connectivity index (χ3v) is 5.84. The Bertz CT molecular complexity index is 702. The number of guanidine groups is 1. The Balaban J connectivity index is 1.42. The zero-order chi connectivity index (χ0) is 21.9. The van der Waals surface area contributed by atoms with Crippen LogP contribution in [0.5, 0.6) is 0 Å². The number of aromatic nitrogens is 2. The van der Waals surface area contributed by atoms with E-state index in [1.807, 2.05) is 11.8 Å². The maximum atomic E-state index is 12.6. The van der Waals surface area contributed by atoms with Gasteiger partial charge in [0, 0.05) is 76.7 Å². The number of ether oxygens (including phenoxy) is 1. The molecular weight excluding hydrogens is 398 g/mol. The van der Waals surface area contributed by atoms with Crippen LogP contribution in [-0.2, 0) is 9.53 Å².